The minimum absolute atomic E-state index is 0.0289. The monoisotopic (exact) mass is 411 g/mol. The third-order valence-electron chi connectivity index (χ3n) is 4.92. The molecule has 0 unspecified atom stereocenters. The lowest BCUT2D eigenvalue weighted by Crippen LogP contribution is -2.33. The van der Waals surface area contributed by atoms with Crippen LogP contribution in [-0.4, -0.2) is 15.6 Å². The van der Waals surface area contributed by atoms with Crippen molar-refractivity contribution in [3.05, 3.63) is 91.1 Å². The maximum absolute atomic E-state index is 11.2. The molecule has 6 nitrogen and oxygen atoms in total. The summed E-state index contributed by atoms with van der Waals surface area (Å²) in [6.07, 6.45) is 0.180. The van der Waals surface area contributed by atoms with E-state index in [9.17, 15) is 10.1 Å². The Morgan fingerprint density at radius 2 is 2.11 bits per heavy atom. The molecule has 0 spiro atoms. The SMILES string of the molecule is O=[N+]([O-])c1cccc([C@H]2Oc3ccc(Cl)cc3[C@H]3CC(c4cccs4)=NN32)c1. The molecule has 28 heavy (non-hydrogen) atoms. The summed E-state index contributed by atoms with van der Waals surface area (Å²) in [6, 6.07) is 16.1. The number of nitrogens with zero attached hydrogens (tertiary/aromatic N) is 3. The van der Waals surface area contributed by atoms with Crippen molar-refractivity contribution in [1.29, 1.82) is 0 Å². The van der Waals surface area contributed by atoms with Crippen molar-refractivity contribution in [2.45, 2.75) is 18.7 Å². The van der Waals surface area contributed by atoms with Crippen molar-refractivity contribution in [1.82, 2.24) is 5.01 Å². The molecule has 2 aromatic carbocycles. The Kier molecular flexibility index (Phi) is 4.07. The standard InChI is InChI=1S/C20H14ClN3O3S/c21-13-6-7-18-15(10-13)17-11-16(19-5-2-8-28-19)22-23(17)20(27-18)12-3-1-4-14(9-12)24(25)26/h1-10,17,20H,11H2/t17-,20-/m1/s1. The molecule has 0 fully saturated rings. The van der Waals surface area contributed by atoms with E-state index in [1.807, 2.05) is 40.7 Å². The van der Waals surface area contributed by atoms with Crippen LogP contribution in [0.3, 0.4) is 0 Å². The highest BCUT2D eigenvalue weighted by molar-refractivity contribution is 7.12. The number of halogens is 1. The van der Waals surface area contributed by atoms with Crippen LogP contribution in [0.1, 0.15) is 34.7 Å². The van der Waals surface area contributed by atoms with Gasteiger partial charge in [-0.15, -0.1) is 11.3 Å². The van der Waals surface area contributed by atoms with Crippen LogP contribution < -0.4 is 4.74 Å². The second-order valence-corrected chi connectivity index (χ2v) is 8.01. The molecule has 3 heterocycles. The summed E-state index contributed by atoms with van der Waals surface area (Å²) in [6.45, 7) is 0. The molecule has 2 aliphatic heterocycles. The van der Waals surface area contributed by atoms with Crippen LogP contribution in [0.2, 0.25) is 5.02 Å². The molecule has 0 saturated heterocycles. The van der Waals surface area contributed by atoms with Gasteiger partial charge in [-0.25, -0.2) is 5.01 Å². The minimum atomic E-state index is -0.545. The largest absolute Gasteiger partial charge is 0.464 e. The Hall–Kier alpha value is -2.90. The summed E-state index contributed by atoms with van der Waals surface area (Å²) in [4.78, 5) is 11.9. The first-order chi connectivity index (χ1) is 13.6. The molecule has 3 aromatic rings. The first-order valence-corrected chi connectivity index (χ1v) is 9.96. The van der Waals surface area contributed by atoms with E-state index < -0.39 is 11.2 Å². The first-order valence-electron chi connectivity index (χ1n) is 8.70. The van der Waals surface area contributed by atoms with Gasteiger partial charge in [0.1, 0.15) is 5.75 Å². The molecule has 8 heteroatoms. The Labute approximate surface area is 169 Å². The average molecular weight is 412 g/mol. The number of ether oxygens (including phenoxy) is 1. The van der Waals surface area contributed by atoms with E-state index in [0.717, 1.165) is 28.3 Å². The number of fused-ring (bicyclic) bond motifs is 3. The van der Waals surface area contributed by atoms with Crippen LogP contribution in [0.4, 0.5) is 5.69 Å². The van der Waals surface area contributed by atoms with E-state index in [-0.39, 0.29) is 11.7 Å². The van der Waals surface area contributed by atoms with Crippen LogP contribution in [0, 0.1) is 10.1 Å². The lowest BCUT2D eigenvalue weighted by atomic mass is 9.97. The number of nitro groups is 1. The molecule has 2 atom stereocenters. The van der Waals surface area contributed by atoms with Gasteiger partial charge in [0.05, 0.1) is 21.6 Å². The van der Waals surface area contributed by atoms with Crippen LogP contribution in [-0.2, 0) is 0 Å². The molecule has 1 aromatic heterocycles. The van der Waals surface area contributed by atoms with Crippen LogP contribution >= 0.6 is 22.9 Å². The number of hydrogen-bond acceptors (Lipinski definition) is 6. The first kappa shape index (κ1) is 17.2. The van der Waals surface area contributed by atoms with Gasteiger partial charge in [0, 0.05) is 34.7 Å². The molecule has 0 bridgehead atoms. The number of non-ortho nitro benzene ring substituents is 1. The maximum atomic E-state index is 11.2. The van der Waals surface area contributed by atoms with Gasteiger partial charge in [-0.3, -0.25) is 10.1 Å². The van der Waals surface area contributed by atoms with Crippen molar-refractivity contribution < 1.29 is 9.66 Å². The lowest BCUT2D eigenvalue weighted by Gasteiger charge is -2.38. The predicted molar refractivity (Wildman–Crippen MR) is 108 cm³/mol. The van der Waals surface area contributed by atoms with E-state index >= 15 is 0 Å². The van der Waals surface area contributed by atoms with Crippen molar-refractivity contribution >= 4 is 34.3 Å². The quantitative estimate of drug-likeness (QED) is 0.418. The topological polar surface area (TPSA) is 68.0 Å². The van der Waals surface area contributed by atoms with Gasteiger partial charge in [-0.1, -0.05) is 29.8 Å². The molecule has 0 saturated carbocycles. The maximum Gasteiger partial charge on any atom is 0.269 e. The van der Waals surface area contributed by atoms with Crippen molar-refractivity contribution in [2.24, 2.45) is 5.10 Å². The van der Waals surface area contributed by atoms with Gasteiger partial charge in [0.15, 0.2) is 0 Å². The van der Waals surface area contributed by atoms with Crippen LogP contribution in [0.25, 0.3) is 0 Å². The average Bonchev–Trinajstić information content (AvgIpc) is 3.37. The normalized spacial score (nSPS) is 20.2. The Bertz CT molecular complexity index is 1100. The third kappa shape index (κ3) is 2.83. The fraction of sp³-hybridized carbons (Fsp3) is 0.150. The zero-order valence-corrected chi connectivity index (χ0v) is 16.1. The zero-order valence-electron chi connectivity index (χ0n) is 14.5. The van der Waals surface area contributed by atoms with Crippen molar-refractivity contribution in [3.63, 3.8) is 0 Å². The molecule has 0 N–H and O–H groups in total. The molecule has 2 aliphatic rings. The Balaban J connectivity index is 1.62. The number of nitro benzene ring substituents is 1. The van der Waals surface area contributed by atoms with E-state index in [0.29, 0.717) is 10.6 Å². The van der Waals surface area contributed by atoms with Gasteiger partial charge >= 0.3 is 0 Å². The fourth-order valence-electron chi connectivity index (χ4n) is 3.66. The van der Waals surface area contributed by atoms with E-state index in [1.165, 1.54) is 6.07 Å². The van der Waals surface area contributed by atoms with Gasteiger partial charge in [0.2, 0.25) is 6.23 Å². The van der Waals surface area contributed by atoms with Gasteiger partial charge in [-0.2, -0.15) is 5.10 Å². The van der Waals surface area contributed by atoms with Crippen LogP contribution in [0.5, 0.6) is 5.75 Å². The minimum Gasteiger partial charge on any atom is -0.464 e. The molecule has 140 valence electrons. The summed E-state index contributed by atoms with van der Waals surface area (Å²) in [5, 5.41) is 20.6. The van der Waals surface area contributed by atoms with Gasteiger partial charge < -0.3 is 4.74 Å². The Morgan fingerprint density at radius 1 is 1.21 bits per heavy atom. The number of hydrazone groups is 1. The second-order valence-electron chi connectivity index (χ2n) is 6.63. The number of rotatable bonds is 3. The smallest absolute Gasteiger partial charge is 0.269 e. The summed E-state index contributed by atoms with van der Waals surface area (Å²) < 4.78 is 6.23. The van der Waals surface area contributed by atoms with Crippen molar-refractivity contribution in [2.75, 3.05) is 0 Å². The highest BCUT2D eigenvalue weighted by atomic mass is 35.5. The fourth-order valence-corrected chi connectivity index (χ4v) is 4.56. The highest BCUT2D eigenvalue weighted by Crippen LogP contribution is 2.48. The van der Waals surface area contributed by atoms with Crippen LogP contribution in [0.15, 0.2) is 65.1 Å². The predicted octanol–water partition coefficient (Wildman–Crippen LogP) is 5.55. The molecule has 0 amide bonds. The highest BCUT2D eigenvalue weighted by Gasteiger charge is 2.41. The second kappa shape index (κ2) is 6.61. The molecular formula is C20H14ClN3O3S. The summed E-state index contributed by atoms with van der Waals surface area (Å²) in [5.41, 5.74) is 2.67. The third-order valence-corrected chi connectivity index (χ3v) is 6.08. The number of thiophene rings is 1. The molecular weight excluding hydrogens is 398 g/mol. The van der Waals surface area contributed by atoms with Crippen molar-refractivity contribution in [3.8, 4) is 5.75 Å². The van der Waals surface area contributed by atoms with E-state index in [1.54, 1.807) is 29.5 Å². The summed E-state index contributed by atoms with van der Waals surface area (Å²) >= 11 is 7.87. The van der Waals surface area contributed by atoms with Gasteiger partial charge in [-0.05, 0) is 29.6 Å². The van der Waals surface area contributed by atoms with E-state index in [4.69, 9.17) is 21.4 Å². The summed E-state index contributed by atoms with van der Waals surface area (Å²) in [5.74, 6) is 0.727. The molecule has 0 radical (unpaired) electrons. The van der Waals surface area contributed by atoms with E-state index in [2.05, 4.69) is 0 Å². The lowest BCUT2D eigenvalue weighted by molar-refractivity contribution is -0.385. The molecule has 5 rings (SSSR count). The molecule has 0 aliphatic carbocycles. The van der Waals surface area contributed by atoms with Gasteiger partial charge in [0.25, 0.3) is 5.69 Å². The Morgan fingerprint density at radius 3 is 2.89 bits per heavy atom. The number of hydrogen-bond donors (Lipinski definition) is 0. The number of benzene rings is 2. The summed E-state index contributed by atoms with van der Waals surface area (Å²) in [7, 11) is 0. The zero-order chi connectivity index (χ0) is 19.3.